The molecule has 1 heterocycles. The molecule has 2 nitrogen and oxygen atoms in total. The minimum absolute atomic E-state index is 0.105. The zero-order valence-corrected chi connectivity index (χ0v) is 6.76. The van der Waals surface area contributed by atoms with Crippen molar-refractivity contribution in [2.24, 2.45) is 0 Å². The number of anilines is 1. The van der Waals surface area contributed by atoms with E-state index in [1.165, 1.54) is 5.56 Å². The van der Waals surface area contributed by atoms with Crippen molar-refractivity contribution in [2.45, 2.75) is 12.8 Å². The third kappa shape index (κ3) is 1.20. The van der Waals surface area contributed by atoms with E-state index in [9.17, 15) is 4.79 Å². The van der Waals surface area contributed by atoms with Crippen LogP contribution in [0.4, 0.5) is 5.69 Å². The molecule has 0 fully saturated rings. The van der Waals surface area contributed by atoms with Crippen molar-refractivity contribution in [3.63, 3.8) is 0 Å². The predicted octanol–water partition coefficient (Wildman–Crippen LogP) is 1.75. The Morgan fingerprint density at radius 3 is 3.00 bits per heavy atom. The maximum absolute atomic E-state index is 11.0. The lowest BCUT2D eigenvalue weighted by molar-refractivity contribution is -0.116. The van der Waals surface area contributed by atoms with E-state index in [1.807, 2.05) is 18.2 Å². The van der Waals surface area contributed by atoms with E-state index in [-0.39, 0.29) is 5.91 Å². The molecule has 0 aliphatic carbocycles. The van der Waals surface area contributed by atoms with E-state index in [0.717, 1.165) is 17.7 Å². The molecule has 0 unspecified atom stereocenters. The fourth-order valence-corrected chi connectivity index (χ4v) is 1.42. The number of hydrogen-bond acceptors (Lipinski definition) is 1. The molecule has 1 aromatic carbocycles. The van der Waals surface area contributed by atoms with Gasteiger partial charge in [0.15, 0.2) is 0 Å². The van der Waals surface area contributed by atoms with Gasteiger partial charge in [-0.15, -0.1) is 0 Å². The smallest absolute Gasteiger partial charge is 0.224 e. The Balaban J connectivity index is 2.44. The first-order valence-corrected chi connectivity index (χ1v) is 4.00. The molecule has 1 aliphatic rings. The summed E-state index contributed by atoms with van der Waals surface area (Å²) >= 11 is 0. The van der Waals surface area contributed by atoms with Gasteiger partial charge in [-0.25, -0.2) is 0 Å². The fraction of sp³-hybridized carbons (Fsp3) is 0.200. The van der Waals surface area contributed by atoms with Crippen LogP contribution in [0.5, 0.6) is 0 Å². The second-order valence-electron chi connectivity index (χ2n) is 3.04. The molecular formula is C10H10NO. The van der Waals surface area contributed by atoms with Crippen LogP contribution in [0, 0.1) is 6.92 Å². The molecule has 1 N–H and O–H groups in total. The van der Waals surface area contributed by atoms with Crippen LogP contribution >= 0.6 is 0 Å². The zero-order chi connectivity index (χ0) is 8.55. The van der Waals surface area contributed by atoms with Crippen LogP contribution in [0.1, 0.15) is 17.5 Å². The minimum Gasteiger partial charge on any atom is -0.326 e. The van der Waals surface area contributed by atoms with Gasteiger partial charge in [0.05, 0.1) is 0 Å². The second kappa shape index (κ2) is 2.63. The summed E-state index contributed by atoms with van der Waals surface area (Å²) in [5.74, 6) is 0.105. The average Bonchev–Trinajstić information content (AvgIpc) is 2.03. The van der Waals surface area contributed by atoms with Crippen molar-refractivity contribution in [3.8, 4) is 0 Å². The minimum atomic E-state index is 0.105. The number of nitrogens with one attached hydrogen (secondary N) is 1. The molecule has 1 amide bonds. The van der Waals surface area contributed by atoms with E-state index in [2.05, 4.69) is 12.2 Å². The van der Waals surface area contributed by atoms with Crippen LogP contribution in [0.2, 0.25) is 0 Å². The summed E-state index contributed by atoms with van der Waals surface area (Å²) in [5.41, 5.74) is 3.08. The van der Waals surface area contributed by atoms with Crippen molar-refractivity contribution in [1.82, 2.24) is 0 Å². The third-order valence-electron chi connectivity index (χ3n) is 2.07. The van der Waals surface area contributed by atoms with Crippen molar-refractivity contribution >= 4 is 11.6 Å². The van der Waals surface area contributed by atoms with Gasteiger partial charge in [-0.2, -0.15) is 0 Å². The molecule has 61 valence electrons. The van der Waals surface area contributed by atoms with Crippen LogP contribution in [0.3, 0.4) is 0 Å². The highest BCUT2D eigenvalue weighted by atomic mass is 16.1. The van der Waals surface area contributed by atoms with Crippen LogP contribution < -0.4 is 5.32 Å². The number of amides is 1. The Morgan fingerprint density at radius 1 is 1.33 bits per heavy atom. The molecule has 1 aliphatic heterocycles. The van der Waals surface area contributed by atoms with Crippen LogP contribution in [0.25, 0.3) is 0 Å². The highest BCUT2D eigenvalue weighted by Crippen LogP contribution is 2.22. The standard InChI is InChI=1S/C10H10NO/c1-7-2-3-8-4-5-10(12)11-9(8)6-7/h2-3,6H,1,4-5H2,(H,11,12). The molecule has 0 saturated carbocycles. The van der Waals surface area contributed by atoms with Gasteiger partial charge in [-0.05, 0) is 30.5 Å². The Bertz CT molecular complexity index is 331. The maximum atomic E-state index is 11.0. The molecule has 0 bridgehead atoms. The molecule has 0 spiro atoms. The average molecular weight is 160 g/mol. The second-order valence-corrected chi connectivity index (χ2v) is 3.04. The van der Waals surface area contributed by atoms with E-state index in [1.54, 1.807) is 0 Å². The van der Waals surface area contributed by atoms with Gasteiger partial charge >= 0.3 is 0 Å². The maximum Gasteiger partial charge on any atom is 0.224 e. The lowest BCUT2D eigenvalue weighted by Crippen LogP contribution is -2.18. The van der Waals surface area contributed by atoms with Crippen LogP contribution in [0.15, 0.2) is 18.2 Å². The molecule has 0 saturated heterocycles. The molecule has 0 aromatic heterocycles. The first-order valence-electron chi connectivity index (χ1n) is 4.00. The summed E-state index contributed by atoms with van der Waals surface area (Å²) < 4.78 is 0. The SMILES string of the molecule is [CH2]c1ccc2c(c1)NC(=O)CC2. The first kappa shape index (κ1) is 7.35. The number of carbonyl (C=O) groups is 1. The molecule has 12 heavy (non-hydrogen) atoms. The molecule has 0 atom stereocenters. The van der Waals surface area contributed by atoms with Crippen molar-refractivity contribution in [2.75, 3.05) is 5.32 Å². The van der Waals surface area contributed by atoms with E-state index < -0.39 is 0 Å². The van der Waals surface area contributed by atoms with E-state index in [0.29, 0.717) is 6.42 Å². The van der Waals surface area contributed by atoms with Crippen LogP contribution in [-0.2, 0) is 11.2 Å². The molecular weight excluding hydrogens is 150 g/mol. The van der Waals surface area contributed by atoms with Gasteiger partial charge in [0.25, 0.3) is 0 Å². The number of carbonyl (C=O) groups excluding carboxylic acids is 1. The summed E-state index contributed by atoms with van der Waals surface area (Å²) in [7, 11) is 0. The molecule has 2 rings (SSSR count). The lowest BCUT2D eigenvalue weighted by Gasteiger charge is -2.16. The highest BCUT2D eigenvalue weighted by molar-refractivity contribution is 5.93. The van der Waals surface area contributed by atoms with Crippen molar-refractivity contribution in [1.29, 1.82) is 0 Å². The Hall–Kier alpha value is -1.31. The lowest BCUT2D eigenvalue weighted by atomic mass is 10.0. The molecule has 1 radical (unpaired) electrons. The summed E-state index contributed by atoms with van der Waals surface area (Å²) in [6, 6.07) is 5.90. The topological polar surface area (TPSA) is 29.1 Å². The number of benzene rings is 1. The largest absolute Gasteiger partial charge is 0.326 e. The Morgan fingerprint density at radius 2 is 2.17 bits per heavy atom. The number of fused-ring (bicyclic) bond motifs is 1. The molecule has 1 aromatic rings. The van der Waals surface area contributed by atoms with Crippen LogP contribution in [-0.4, -0.2) is 5.91 Å². The van der Waals surface area contributed by atoms with Crippen molar-refractivity contribution in [3.05, 3.63) is 36.2 Å². The Labute approximate surface area is 71.6 Å². The first-order chi connectivity index (χ1) is 5.75. The van der Waals surface area contributed by atoms with Gasteiger partial charge in [-0.1, -0.05) is 12.1 Å². The van der Waals surface area contributed by atoms with Gasteiger partial charge < -0.3 is 5.32 Å². The number of rotatable bonds is 0. The number of aryl methyl sites for hydroxylation is 1. The van der Waals surface area contributed by atoms with Gasteiger partial charge in [0.1, 0.15) is 0 Å². The highest BCUT2D eigenvalue weighted by Gasteiger charge is 2.13. The monoisotopic (exact) mass is 160 g/mol. The number of hydrogen-bond donors (Lipinski definition) is 1. The fourth-order valence-electron chi connectivity index (χ4n) is 1.42. The zero-order valence-electron chi connectivity index (χ0n) is 6.76. The van der Waals surface area contributed by atoms with Gasteiger partial charge in [-0.3, -0.25) is 4.79 Å². The summed E-state index contributed by atoms with van der Waals surface area (Å²) in [6.07, 6.45) is 1.45. The van der Waals surface area contributed by atoms with E-state index >= 15 is 0 Å². The normalized spacial score (nSPS) is 15.2. The van der Waals surface area contributed by atoms with E-state index in [4.69, 9.17) is 0 Å². The van der Waals surface area contributed by atoms with Gasteiger partial charge in [0, 0.05) is 12.1 Å². The quantitative estimate of drug-likeness (QED) is 0.615. The summed E-state index contributed by atoms with van der Waals surface area (Å²) in [4.78, 5) is 11.0. The molecule has 2 heteroatoms. The predicted molar refractivity (Wildman–Crippen MR) is 47.9 cm³/mol. The third-order valence-corrected chi connectivity index (χ3v) is 2.07. The summed E-state index contributed by atoms with van der Waals surface area (Å²) in [5, 5.41) is 2.82. The summed E-state index contributed by atoms with van der Waals surface area (Å²) in [6.45, 7) is 3.80. The van der Waals surface area contributed by atoms with Gasteiger partial charge in [0.2, 0.25) is 5.91 Å². The van der Waals surface area contributed by atoms with Crippen molar-refractivity contribution < 1.29 is 4.79 Å². The Kier molecular flexibility index (Phi) is 1.61.